The van der Waals surface area contributed by atoms with Crippen LogP contribution in [0, 0.1) is 0 Å². The van der Waals surface area contributed by atoms with E-state index in [2.05, 4.69) is 58.3 Å². The molecular weight excluding hydrogens is 356 g/mol. The summed E-state index contributed by atoms with van der Waals surface area (Å²) < 4.78 is 6.22. The lowest BCUT2D eigenvalue weighted by molar-refractivity contribution is 0.204. The van der Waals surface area contributed by atoms with E-state index in [4.69, 9.17) is 4.74 Å². The number of nitrogens with zero attached hydrogens (tertiary/aromatic N) is 2. The highest BCUT2D eigenvalue weighted by Crippen LogP contribution is 2.45. The molecule has 5 rings (SSSR count). The van der Waals surface area contributed by atoms with E-state index >= 15 is 0 Å². The van der Waals surface area contributed by atoms with E-state index in [9.17, 15) is 0 Å². The topological polar surface area (TPSA) is 15.7 Å². The standard InChI is InChI=1S/C26H34N2O/c1-3-9-21(10-4-1)25-20-28-17-7-11-26(28)23-13-12-22(19-24(23)25)29-18-8-16-27-14-5-2-6-15-27/h1,3-4,9-10,12-13,19,25-26H,2,5-8,11,14-18,20H2. The van der Waals surface area contributed by atoms with Crippen molar-refractivity contribution in [3.8, 4) is 5.75 Å². The second-order valence-electron chi connectivity index (χ2n) is 9.01. The van der Waals surface area contributed by atoms with E-state index in [0.29, 0.717) is 12.0 Å². The third-order valence-electron chi connectivity index (χ3n) is 7.11. The highest BCUT2D eigenvalue weighted by molar-refractivity contribution is 5.46. The van der Waals surface area contributed by atoms with E-state index in [1.54, 1.807) is 0 Å². The molecule has 2 unspecified atom stereocenters. The fourth-order valence-electron chi connectivity index (χ4n) is 5.61. The molecule has 3 heteroatoms. The highest BCUT2D eigenvalue weighted by Gasteiger charge is 2.36. The Bertz CT molecular complexity index is 800. The molecule has 0 radical (unpaired) electrons. The Labute approximate surface area is 175 Å². The monoisotopic (exact) mass is 390 g/mol. The molecule has 2 aromatic rings. The molecule has 154 valence electrons. The minimum absolute atomic E-state index is 0.456. The van der Waals surface area contributed by atoms with E-state index in [0.717, 1.165) is 25.3 Å². The average molecular weight is 391 g/mol. The van der Waals surface area contributed by atoms with Crippen molar-refractivity contribution in [2.24, 2.45) is 0 Å². The van der Waals surface area contributed by atoms with E-state index in [-0.39, 0.29) is 0 Å². The van der Waals surface area contributed by atoms with Crippen LogP contribution < -0.4 is 4.74 Å². The molecule has 2 fully saturated rings. The van der Waals surface area contributed by atoms with E-state index in [1.165, 1.54) is 75.0 Å². The van der Waals surface area contributed by atoms with E-state index in [1.807, 2.05) is 0 Å². The van der Waals surface area contributed by atoms with Crippen LogP contribution >= 0.6 is 0 Å². The lowest BCUT2D eigenvalue weighted by atomic mass is 9.81. The van der Waals surface area contributed by atoms with Gasteiger partial charge >= 0.3 is 0 Å². The maximum atomic E-state index is 6.22. The smallest absolute Gasteiger partial charge is 0.119 e. The molecular formula is C26H34N2O. The normalized spacial score (nSPS) is 24.8. The number of hydrogen-bond acceptors (Lipinski definition) is 3. The fourth-order valence-corrected chi connectivity index (χ4v) is 5.61. The van der Waals surface area contributed by atoms with Crippen LogP contribution in [0.15, 0.2) is 48.5 Å². The molecule has 3 aliphatic heterocycles. The average Bonchev–Trinajstić information content (AvgIpc) is 3.26. The van der Waals surface area contributed by atoms with Crippen LogP contribution in [0.25, 0.3) is 0 Å². The summed E-state index contributed by atoms with van der Waals surface area (Å²) in [5.74, 6) is 1.51. The Morgan fingerprint density at radius 3 is 2.59 bits per heavy atom. The first-order valence-electron chi connectivity index (χ1n) is 11.7. The third kappa shape index (κ3) is 4.22. The summed E-state index contributed by atoms with van der Waals surface area (Å²) >= 11 is 0. The van der Waals surface area contributed by atoms with Gasteiger partial charge in [-0.15, -0.1) is 0 Å². The Morgan fingerprint density at radius 1 is 0.862 bits per heavy atom. The molecule has 0 saturated carbocycles. The summed E-state index contributed by atoms with van der Waals surface area (Å²) in [5.41, 5.74) is 4.46. The summed E-state index contributed by atoms with van der Waals surface area (Å²) in [6.07, 6.45) is 7.87. The zero-order valence-corrected chi connectivity index (χ0v) is 17.6. The molecule has 2 aromatic carbocycles. The highest BCUT2D eigenvalue weighted by atomic mass is 16.5. The second kappa shape index (κ2) is 8.89. The van der Waals surface area contributed by atoms with Gasteiger partial charge in [-0.25, -0.2) is 0 Å². The predicted octanol–water partition coefficient (Wildman–Crippen LogP) is 5.22. The van der Waals surface area contributed by atoms with Gasteiger partial charge in [-0.2, -0.15) is 0 Å². The Hall–Kier alpha value is -1.84. The second-order valence-corrected chi connectivity index (χ2v) is 9.01. The van der Waals surface area contributed by atoms with Gasteiger partial charge in [0.05, 0.1) is 6.61 Å². The van der Waals surface area contributed by atoms with Crippen LogP contribution in [-0.2, 0) is 0 Å². The van der Waals surface area contributed by atoms with Gasteiger partial charge in [0, 0.05) is 25.0 Å². The Kier molecular flexibility index (Phi) is 5.87. The maximum Gasteiger partial charge on any atom is 0.119 e. The van der Waals surface area contributed by atoms with Gasteiger partial charge in [0.25, 0.3) is 0 Å². The number of ether oxygens (including phenoxy) is 1. The third-order valence-corrected chi connectivity index (χ3v) is 7.11. The number of fused-ring (bicyclic) bond motifs is 3. The molecule has 29 heavy (non-hydrogen) atoms. The van der Waals surface area contributed by atoms with Crippen LogP contribution in [-0.4, -0.2) is 49.1 Å². The number of piperidine rings is 1. The lowest BCUT2D eigenvalue weighted by Gasteiger charge is -2.37. The quantitative estimate of drug-likeness (QED) is 0.629. The summed E-state index contributed by atoms with van der Waals surface area (Å²) in [7, 11) is 0. The van der Waals surface area contributed by atoms with Crippen LogP contribution in [0.2, 0.25) is 0 Å². The molecule has 0 spiro atoms. The molecule has 3 aliphatic rings. The largest absolute Gasteiger partial charge is 0.494 e. The van der Waals surface area contributed by atoms with Crippen molar-refractivity contribution in [2.45, 2.75) is 50.5 Å². The SMILES string of the molecule is c1ccc(C2CN3CCCC3c3ccc(OCCCN4CCCCC4)cc32)cc1. The summed E-state index contributed by atoms with van der Waals surface area (Å²) in [6.45, 7) is 6.92. The van der Waals surface area contributed by atoms with Gasteiger partial charge in [0.2, 0.25) is 0 Å². The van der Waals surface area contributed by atoms with Gasteiger partial charge in [0.15, 0.2) is 0 Å². The van der Waals surface area contributed by atoms with Gasteiger partial charge in [-0.3, -0.25) is 4.90 Å². The minimum atomic E-state index is 0.456. The van der Waals surface area contributed by atoms with Crippen LogP contribution in [0.1, 0.15) is 67.2 Å². The van der Waals surface area contributed by atoms with Crippen molar-refractivity contribution in [1.29, 1.82) is 0 Å². The van der Waals surface area contributed by atoms with Crippen LogP contribution in [0.5, 0.6) is 5.75 Å². The molecule has 2 atom stereocenters. The number of rotatable bonds is 6. The number of likely N-dealkylation sites (tertiary alicyclic amines) is 1. The molecule has 3 heterocycles. The predicted molar refractivity (Wildman–Crippen MR) is 119 cm³/mol. The zero-order valence-electron chi connectivity index (χ0n) is 17.6. The number of benzene rings is 2. The first kappa shape index (κ1) is 19.1. The van der Waals surface area contributed by atoms with Gasteiger partial charge in [0.1, 0.15) is 5.75 Å². The van der Waals surface area contributed by atoms with Crippen LogP contribution in [0.4, 0.5) is 0 Å². The van der Waals surface area contributed by atoms with Crippen molar-refractivity contribution >= 4 is 0 Å². The molecule has 0 aromatic heterocycles. The molecule has 0 amide bonds. The minimum Gasteiger partial charge on any atom is -0.494 e. The van der Waals surface area contributed by atoms with Crippen molar-refractivity contribution in [3.63, 3.8) is 0 Å². The molecule has 0 N–H and O–H groups in total. The first-order chi connectivity index (χ1) is 14.4. The Balaban J connectivity index is 1.30. The van der Waals surface area contributed by atoms with Gasteiger partial charge < -0.3 is 9.64 Å². The lowest BCUT2D eigenvalue weighted by Crippen LogP contribution is -2.34. The fraction of sp³-hybridized carbons (Fsp3) is 0.538. The zero-order chi connectivity index (χ0) is 19.5. The van der Waals surface area contributed by atoms with Gasteiger partial charge in [-0.1, -0.05) is 42.8 Å². The molecule has 3 nitrogen and oxygen atoms in total. The Morgan fingerprint density at radius 2 is 1.72 bits per heavy atom. The summed E-state index contributed by atoms with van der Waals surface area (Å²) in [4.78, 5) is 5.29. The van der Waals surface area contributed by atoms with Crippen molar-refractivity contribution in [2.75, 3.05) is 39.3 Å². The molecule has 2 saturated heterocycles. The van der Waals surface area contributed by atoms with Crippen molar-refractivity contribution in [3.05, 3.63) is 65.2 Å². The molecule has 0 aliphatic carbocycles. The van der Waals surface area contributed by atoms with Crippen molar-refractivity contribution < 1.29 is 4.74 Å². The van der Waals surface area contributed by atoms with E-state index < -0.39 is 0 Å². The first-order valence-corrected chi connectivity index (χ1v) is 11.7. The van der Waals surface area contributed by atoms with Gasteiger partial charge in [-0.05, 0) is 80.6 Å². The summed E-state index contributed by atoms with van der Waals surface area (Å²) in [6, 6.07) is 18.6. The van der Waals surface area contributed by atoms with Crippen molar-refractivity contribution in [1.82, 2.24) is 9.80 Å². The maximum absolute atomic E-state index is 6.22. The van der Waals surface area contributed by atoms with Crippen LogP contribution in [0.3, 0.4) is 0 Å². The summed E-state index contributed by atoms with van der Waals surface area (Å²) in [5, 5.41) is 0. The number of hydrogen-bond donors (Lipinski definition) is 0. The molecule has 0 bridgehead atoms.